The van der Waals surface area contributed by atoms with E-state index in [1.165, 1.54) is 5.56 Å². The molecule has 2 aromatic rings. The van der Waals surface area contributed by atoms with Crippen LogP contribution in [0.2, 0.25) is 0 Å². The minimum atomic E-state index is -0.774. The fourth-order valence-corrected chi connectivity index (χ4v) is 2.27. The minimum Gasteiger partial charge on any atom is -0.481 e. The average molecular weight is 272 g/mol. The van der Waals surface area contributed by atoms with Crippen LogP contribution >= 0.6 is 0 Å². The van der Waals surface area contributed by atoms with Crippen LogP contribution in [-0.4, -0.2) is 20.6 Å². The molecule has 0 amide bonds. The topological polar surface area (TPSA) is 55.1 Å². The van der Waals surface area contributed by atoms with Crippen LogP contribution in [0.4, 0.5) is 0 Å². The van der Waals surface area contributed by atoms with Crippen LogP contribution in [0.5, 0.6) is 0 Å². The van der Waals surface area contributed by atoms with Crippen molar-refractivity contribution in [3.63, 3.8) is 0 Å². The van der Waals surface area contributed by atoms with Gasteiger partial charge in [-0.05, 0) is 12.0 Å². The van der Waals surface area contributed by atoms with Crippen LogP contribution in [0.15, 0.2) is 36.5 Å². The van der Waals surface area contributed by atoms with Crippen molar-refractivity contribution in [2.75, 3.05) is 0 Å². The Morgan fingerprint density at radius 2 is 2.00 bits per heavy atom. The van der Waals surface area contributed by atoms with Crippen LogP contribution in [-0.2, 0) is 17.8 Å². The van der Waals surface area contributed by atoms with Gasteiger partial charge in [-0.2, -0.15) is 0 Å². The molecule has 0 atom stereocenters. The van der Waals surface area contributed by atoms with Crippen LogP contribution in [0.1, 0.15) is 43.3 Å². The summed E-state index contributed by atoms with van der Waals surface area (Å²) < 4.78 is 2.14. The molecule has 0 unspecified atom stereocenters. The second kappa shape index (κ2) is 6.37. The fraction of sp³-hybridized carbons (Fsp3) is 0.375. The summed E-state index contributed by atoms with van der Waals surface area (Å²) in [5.74, 6) is 0.551. The Morgan fingerprint density at radius 1 is 1.30 bits per heavy atom. The predicted molar refractivity (Wildman–Crippen MR) is 77.8 cm³/mol. The molecule has 4 nitrogen and oxygen atoms in total. The molecule has 0 radical (unpaired) electrons. The molecule has 0 aliphatic carbocycles. The third kappa shape index (κ3) is 3.47. The molecule has 2 rings (SSSR count). The molecule has 1 aromatic heterocycles. The molecule has 0 saturated carbocycles. The lowest BCUT2D eigenvalue weighted by molar-refractivity contribution is -0.136. The molecule has 1 N–H and O–H groups in total. The van der Waals surface area contributed by atoms with Gasteiger partial charge < -0.3 is 9.67 Å². The van der Waals surface area contributed by atoms with Crippen LogP contribution < -0.4 is 0 Å². The van der Waals surface area contributed by atoms with Gasteiger partial charge in [0, 0.05) is 24.4 Å². The monoisotopic (exact) mass is 272 g/mol. The van der Waals surface area contributed by atoms with E-state index in [2.05, 4.69) is 35.5 Å². The fourth-order valence-electron chi connectivity index (χ4n) is 2.27. The summed E-state index contributed by atoms with van der Waals surface area (Å²) in [5.41, 5.74) is 2.18. The van der Waals surface area contributed by atoms with E-state index in [0.717, 1.165) is 18.1 Å². The van der Waals surface area contributed by atoms with E-state index in [0.29, 0.717) is 12.3 Å². The minimum absolute atomic E-state index is 0.137. The Bertz CT molecular complexity index is 573. The lowest BCUT2D eigenvalue weighted by Gasteiger charge is -2.14. The van der Waals surface area contributed by atoms with Crippen molar-refractivity contribution in [1.29, 1.82) is 0 Å². The Hall–Kier alpha value is -2.10. The lowest BCUT2D eigenvalue weighted by Crippen LogP contribution is -2.11. The molecule has 0 spiro atoms. The number of nitrogens with zero attached hydrogens (tertiary/aromatic N) is 2. The van der Waals surface area contributed by atoms with Gasteiger partial charge in [-0.15, -0.1) is 0 Å². The highest BCUT2D eigenvalue weighted by molar-refractivity contribution is 5.66. The van der Waals surface area contributed by atoms with Crippen molar-refractivity contribution in [1.82, 2.24) is 9.55 Å². The molecule has 1 heterocycles. The molecule has 4 heteroatoms. The van der Waals surface area contributed by atoms with E-state index in [-0.39, 0.29) is 6.42 Å². The highest BCUT2D eigenvalue weighted by atomic mass is 16.4. The van der Waals surface area contributed by atoms with Gasteiger partial charge >= 0.3 is 5.97 Å². The molecule has 106 valence electrons. The van der Waals surface area contributed by atoms with E-state index >= 15 is 0 Å². The normalized spacial score (nSPS) is 10.9. The van der Waals surface area contributed by atoms with E-state index < -0.39 is 5.97 Å². The third-order valence-corrected chi connectivity index (χ3v) is 3.26. The van der Waals surface area contributed by atoms with Gasteiger partial charge in [-0.25, -0.2) is 4.98 Å². The number of carbonyl (C=O) groups is 1. The van der Waals surface area contributed by atoms with Crippen molar-refractivity contribution >= 4 is 5.97 Å². The second-order valence-electron chi connectivity index (χ2n) is 5.23. The van der Waals surface area contributed by atoms with Crippen LogP contribution in [0.3, 0.4) is 0 Å². The van der Waals surface area contributed by atoms with Crippen LogP contribution in [0, 0.1) is 0 Å². The quantitative estimate of drug-likeness (QED) is 0.879. The first kappa shape index (κ1) is 14.3. The maximum Gasteiger partial charge on any atom is 0.303 e. The SMILES string of the molecule is CC(C)c1ncc(CCC(=O)O)n1Cc1ccccc1. The van der Waals surface area contributed by atoms with Gasteiger partial charge in [0.05, 0.1) is 6.42 Å². The molecular weight excluding hydrogens is 252 g/mol. The van der Waals surface area contributed by atoms with Crippen molar-refractivity contribution in [2.45, 2.75) is 39.2 Å². The van der Waals surface area contributed by atoms with Crippen molar-refractivity contribution < 1.29 is 9.90 Å². The first-order chi connectivity index (χ1) is 9.58. The summed E-state index contributed by atoms with van der Waals surface area (Å²) >= 11 is 0. The van der Waals surface area contributed by atoms with E-state index in [1.807, 2.05) is 18.2 Å². The number of hydrogen-bond donors (Lipinski definition) is 1. The smallest absolute Gasteiger partial charge is 0.303 e. The highest BCUT2D eigenvalue weighted by Crippen LogP contribution is 2.18. The number of imidazole rings is 1. The highest BCUT2D eigenvalue weighted by Gasteiger charge is 2.14. The number of aliphatic carboxylic acids is 1. The van der Waals surface area contributed by atoms with Gasteiger partial charge in [0.15, 0.2) is 0 Å². The summed E-state index contributed by atoms with van der Waals surface area (Å²) in [7, 11) is 0. The largest absolute Gasteiger partial charge is 0.481 e. The number of hydrogen-bond acceptors (Lipinski definition) is 2. The summed E-state index contributed by atoms with van der Waals surface area (Å²) in [4.78, 5) is 15.2. The van der Waals surface area contributed by atoms with Gasteiger partial charge in [0.2, 0.25) is 0 Å². The zero-order valence-electron chi connectivity index (χ0n) is 11.9. The maximum absolute atomic E-state index is 10.8. The van der Waals surface area contributed by atoms with E-state index in [9.17, 15) is 4.79 Å². The zero-order valence-corrected chi connectivity index (χ0v) is 11.9. The number of carboxylic acid groups (broad SMARTS) is 1. The maximum atomic E-state index is 10.8. The summed E-state index contributed by atoms with van der Waals surface area (Å²) in [6, 6.07) is 10.2. The predicted octanol–water partition coefficient (Wildman–Crippen LogP) is 3.07. The van der Waals surface area contributed by atoms with Crippen molar-refractivity contribution in [3.05, 3.63) is 53.6 Å². The Kier molecular flexibility index (Phi) is 4.56. The molecule has 20 heavy (non-hydrogen) atoms. The Labute approximate surface area is 119 Å². The average Bonchev–Trinajstić information content (AvgIpc) is 2.80. The molecule has 1 aromatic carbocycles. The number of rotatable bonds is 6. The molecular formula is C16H20N2O2. The Balaban J connectivity index is 2.27. The number of aromatic nitrogens is 2. The standard InChI is InChI=1S/C16H20N2O2/c1-12(2)16-17-10-14(8-9-15(19)20)18(16)11-13-6-4-3-5-7-13/h3-7,10,12H,8-9,11H2,1-2H3,(H,19,20). The first-order valence-electron chi connectivity index (χ1n) is 6.88. The lowest BCUT2D eigenvalue weighted by atomic mass is 10.1. The summed E-state index contributed by atoms with van der Waals surface area (Å²) in [6.07, 6.45) is 2.46. The number of carboxylic acids is 1. The molecule has 0 bridgehead atoms. The van der Waals surface area contributed by atoms with Gasteiger partial charge in [0.25, 0.3) is 0 Å². The van der Waals surface area contributed by atoms with Gasteiger partial charge in [-0.3, -0.25) is 4.79 Å². The molecule has 0 fully saturated rings. The van der Waals surface area contributed by atoms with Crippen molar-refractivity contribution in [2.24, 2.45) is 0 Å². The zero-order chi connectivity index (χ0) is 14.5. The molecule has 0 saturated heterocycles. The van der Waals surface area contributed by atoms with E-state index in [4.69, 9.17) is 5.11 Å². The summed E-state index contributed by atoms with van der Waals surface area (Å²) in [6.45, 7) is 4.94. The van der Waals surface area contributed by atoms with Gasteiger partial charge in [0.1, 0.15) is 5.82 Å². The summed E-state index contributed by atoms with van der Waals surface area (Å²) in [5, 5.41) is 8.84. The number of aryl methyl sites for hydroxylation is 1. The van der Waals surface area contributed by atoms with Crippen molar-refractivity contribution in [3.8, 4) is 0 Å². The van der Waals surface area contributed by atoms with E-state index in [1.54, 1.807) is 6.20 Å². The molecule has 0 aliphatic heterocycles. The first-order valence-corrected chi connectivity index (χ1v) is 6.88. The molecule has 0 aliphatic rings. The Morgan fingerprint density at radius 3 is 2.60 bits per heavy atom. The van der Waals surface area contributed by atoms with Gasteiger partial charge in [-0.1, -0.05) is 44.2 Å². The third-order valence-electron chi connectivity index (χ3n) is 3.26. The van der Waals surface area contributed by atoms with Crippen LogP contribution in [0.25, 0.3) is 0 Å². The second-order valence-corrected chi connectivity index (χ2v) is 5.23. The number of benzene rings is 1.